The van der Waals surface area contributed by atoms with Crippen molar-refractivity contribution in [3.8, 4) is 0 Å². The highest BCUT2D eigenvalue weighted by Crippen LogP contribution is 2.42. The summed E-state index contributed by atoms with van der Waals surface area (Å²) in [5.74, 6) is 6.13. The number of fused-ring (bicyclic) bond motifs is 1. The molecule has 0 radical (unpaired) electrons. The Morgan fingerprint density at radius 2 is 2.09 bits per heavy atom. The zero-order valence-electron chi connectivity index (χ0n) is 7.38. The minimum absolute atomic E-state index is 1.03. The molecule has 1 saturated carbocycles. The van der Waals surface area contributed by atoms with Crippen molar-refractivity contribution in [1.29, 1.82) is 0 Å². The second kappa shape index (κ2) is 3.38. The van der Waals surface area contributed by atoms with Gasteiger partial charge < -0.3 is 0 Å². The van der Waals surface area contributed by atoms with Gasteiger partial charge in [-0.25, -0.2) is 0 Å². The van der Waals surface area contributed by atoms with Gasteiger partial charge in [-0.1, -0.05) is 26.2 Å². The van der Waals surface area contributed by atoms with Crippen LogP contribution in [0.15, 0.2) is 0 Å². The first-order chi connectivity index (χ1) is 5.38. The summed E-state index contributed by atoms with van der Waals surface area (Å²) >= 11 is 2.18. The highest BCUT2D eigenvalue weighted by atomic mass is 32.2. The highest BCUT2D eigenvalue weighted by Gasteiger charge is 2.32. The molecule has 1 heterocycles. The molecule has 3 atom stereocenters. The quantitative estimate of drug-likeness (QED) is 0.538. The van der Waals surface area contributed by atoms with E-state index < -0.39 is 0 Å². The van der Waals surface area contributed by atoms with Crippen LogP contribution in [0, 0.1) is 17.8 Å². The summed E-state index contributed by atoms with van der Waals surface area (Å²) < 4.78 is 0. The maximum atomic E-state index is 2.46. The van der Waals surface area contributed by atoms with Crippen LogP contribution in [-0.2, 0) is 0 Å². The second-order valence-electron chi connectivity index (χ2n) is 4.20. The van der Waals surface area contributed by atoms with Gasteiger partial charge in [0.25, 0.3) is 0 Å². The van der Waals surface area contributed by atoms with Crippen LogP contribution in [-0.4, -0.2) is 11.5 Å². The van der Waals surface area contributed by atoms with Crippen molar-refractivity contribution in [2.24, 2.45) is 17.8 Å². The van der Waals surface area contributed by atoms with Gasteiger partial charge in [0, 0.05) is 0 Å². The molecule has 0 nitrogen and oxygen atoms in total. The summed E-state index contributed by atoms with van der Waals surface area (Å²) in [6, 6.07) is 0. The molecule has 0 bridgehead atoms. The molecule has 0 aromatic heterocycles. The van der Waals surface area contributed by atoms with Crippen LogP contribution in [0.3, 0.4) is 0 Å². The van der Waals surface area contributed by atoms with Crippen LogP contribution >= 0.6 is 11.8 Å². The summed E-state index contributed by atoms with van der Waals surface area (Å²) in [7, 11) is 0. The van der Waals surface area contributed by atoms with E-state index in [1.54, 1.807) is 0 Å². The van der Waals surface area contributed by atoms with E-state index in [0.717, 1.165) is 17.8 Å². The molecule has 64 valence electrons. The second-order valence-corrected chi connectivity index (χ2v) is 5.35. The van der Waals surface area contributed by atoms with Crippen LogP contribution in [0.2, 0.25) is 0 Å². The standard InChI is InChI=1S/C10H18S/c1-8-3-2-4-9-5-6-11-7-10(8)9/h8-10H,2-7H2,1H3/t8-,9?,10?/m0/s1. The van der Waals surface area contributed by atoms with E-state index in [1.807, 2.05) is 0 Å². The largest absolute Gasteiger partial charge is 0.162 e. The van der Waals surface area contributed by atoms with Crippen LogP contribution in [0.25, 0.3) is 0 Å². The Balaban J connectivity index is 1.99. The number of rotatable bonds is 0. The van der Waals surface area contributed by atoms with Gasteiger partial charge in [0.05, 0.1) is 0 Å². The molecule has 2 aliphatic rings. The summed E-state index contributed by atoms with van der Waals surface area (Å²) in [6.45, 7) is 2.46. The molecule has 2 rings (SSSR count). The summed E-state index contributed by atoms with van der Waals surface area (Å²) in [5, 5.41) is 0. The minimum Gasteiger partial charge on any atom is -0.162 e. The zero-order valence-corrected chi connectivity index (χ0v) is 8.20. The molecule has 11 heavy (non-hydrogen) atoms. The molecule has 1 saturated heterocycles. The average molecular weight is 170 g/mol. The Labute approximate surface area is 74.1 Å². The van der Waals surface area contributed by atoms with Gasteiger partial charge in [-0.05, 0) is 35.7 Å². The lowest BCUT2D eigenvalue weighted by Gasteiger charge is -2.39. The molecule has 0 N–H and O–H groups in total. The molecular weight excluding hydrogens is 152 g/mol. The summed E-state index contributed by atoms with van der Waals surface area (Å²) in [5.41, 5.74) is 0. The normalized spacial score (nSPS) is 45.0. The third-order valence-corrected chi connectivity index (χ3v) is 4.66. The van der Waals surface area contributed by atoms with E-state index in [1.165, 1.54) is 37.2 Å². The molecule has 2 fully saturated rings. The van der Waals surface area contributed by atoms with Gasteiger partial charge in [0.1, 0.15) is 0 Å². The maximum absolute atomic E-state index is 2.46. The SMILES string of the molecule is C[C@H]1CCCC2CCSCC21. The fourth-order valence-electron chi connectivity index (χ4n) is 2.71. The van der Waals surface area contributed by atoms with E-state index in [-0.39, 0.29) is 0 Å². The van der Waals surface area contributed by atoms with Crippen molar-refractivity contribution in [3.05, 3.63) is 0 Å². The Bertz CT molecular complexity index is 131. The fraction of sp³-hybridized carbons (Fsp3) is 1.00. The molecule has 1 aliphatic heterocycles. The van der Waals surface area contributed by atoms with Crippen LogP contribution in [0.1, 0.15) is 32.6 Å². The summed E-state index contributed by atoms with van der Waals surface area (Å²) in [4.78, 5) is 0. The van der Waals surface area contributed by atoms with E-state index in [0.29, 0.717) is 0 Å². The molecule has 1 aliphatic carbocycles. The number of hydrogen-bond acceptors (Lipinski definition) is 1. The van der Waals surface area contributed by atoms with E-state index in [2.05, 4.69) is 18.7 Å². The maximum Gasteiger partial charge on any atom is -0.00339 e. The smallest absolute Gasteiger partial charge is 0.00339 e. The average Bonchev–Trinajstić information content (AvgIpc) is 2.06. The Kier molecular flexibility index (Phi) is 2.45. The van der Waals surface area contributed by atoms with E-state index >= 15 is 0 Å². The minimum atomic E-state index is 1.03. The fourth-order valence-corrected chi connectivity index (χ4v) is 4.22. The van der Waals surface area contributed by atoms with Crippen LogP contribution in [0.5, 0.6) is 0 Å². The molecule has 0 spiro atoms. The topological polar surface area (TPSA) is 0 Å². The predicted molar refractivity (Wildman–Crippen MR) is 51.9 cm³/mol. The summed E-state index contributed by atoms with van der Waals surface area (Å²) in [6.07, 6.45) is 6.06. The lowest BCUT2D eigenvalue weighted by Crippen LogP contribution is -2.31. The third kappa shape index (κ3) is 1.58. The monoisotopic (exact) mass is 170 g/mol. The molecule has 0 amide bonds. The highest BCUT2D eigenvalue weighted by molar-refractivity contribution is 7.99. The van der Waals surface area contributed by atoms with Gasteiger partial charge in [0.15, 0.2) is 0 Å². The number of hydrogen-bond donors (Lipinski definition) is 0. The molecule has 0 aromatic carbocycles. The first-order valence-corrected chi connectivity index (χ1v) is 6.11. The third-order valence-electron chi connectivity index (χ3n) is 3.51. The van der Waals surface area contributed by atoms with Crippen molar-refractivity contribution < 1.29 is 0 Å². The van der Waals surface area contributed by atoms with Crippen molar-refractivity contribution >= 4 is 11.8 Å². The lowest BCUT2D eigenvalue weighted by molar-refractivity contribution is 0.178. The molecule has 0 aromatic rings. The predicted octanol–water partition coefficient (Wildman–Crippen LogP) is 3.18. The zero-order chi connectivity index (χ0) is 7.68. The van der Waals surface area contributed by atoms with Gasteiger partial charge in [-0.2, -0.15) is 11.8 Å². The first-order valence-electron chi connectivity index (χ1n) is 4.95. The van der Waals surface area contributed by atoms with Gasteiger partial charge in [-0.3, -0.25) is 0 Å². The van der Waals surface area contributed by atoms with Crippen molar-refractivity contribution in [2.45, 2.75) is 32.6 Å². The van der Waals surface area contributed by atoms with Gasteiger partial charge >= 0.3 is 0 Å². The van der Waals surface area contributed by atoms with Gasteiger partial charge in [0.2, 0.25) is 0 Å². The van der Waals surface area contributed by atoms with Crippen molar-refractivity contribution in [2.75, 3.05) is 11.5 Å². The van der Waals surface area contributed by atoms with E-state index in [9.17, 15) is 0 Å². The van der Waals surface area contributed by atoms with Crippen molar-refractivity contribution in [1.82, 2.24) is 0 Å². The van der Waals surface area contributed by atoms with Crippen LogP contribution in [0.4, 0.5) is 0 Å². The molecule has 2 unspecified atom stereocenters. The Morgan fingerprint density at radius 3 is 2.91 bits per heavy atom. The number of thioether (sulfide) groups is 1. The lowest BCUT2D eigenvalue weighted by atomic mass is 9.72. The van der Waals surface area contributed by atoms with Gasteiger partial charge in [-0.15, -0.1) is 0 Å². The molecule has 1 heteroatoms. The van der Waals surface area contributed by atoms with Crippen LogP contribution < -0.4 is 0 Å². The van der Waals surface area contributed by atoms with E-state index in [4.69, 9.17) is 0 Å². The Morgan fingerprint density at radius 1 is 1.18 bits per heavy atom. The van der Waals surface area contributed by atoms with Crippen molar-refractivity contribution in [3.63, 3.8) is 0 Å². The Hall–Kier alpha value is 0.350. The molecular formula is C10H18S. The first kappa shape index (κ1) is 7.97.